The fourth-order valence-electron chi connectivity index (χ4n) is 2.21. The van der Waals surface area contributed by atoms with Crippen LogP contribution in [0.1, 0.15) is 24.0 Å². The van der Waals surface area contributed by atoms with Gasteiger partial charge in [-0.05, 0) is 31.4 Å². The van der Waals surface area contributed by atoms with E-state index >= 15 is 0 Å². The molecule has 1 fully saturated rings. The van der Waals surface area contributed by atoms with Crippen molar-refractivity contribution < 1.29 is 9.47 Å². The zero-order chi connectivity index (χ0) is 11.8. The molecule has 0 aromatic heterocycles. The zero-order valence-electron chi connectivity index (χ0n) is 10.2. The highest BCUT2D eigenvalue weighted by molar-refractivity contribution is 5.51. The zero-order valence-corrected chi connectivity index (χ0v) is 10.2. The average molecular weight is 221 g/mol. The molecule has 0 unspecified atom stereocenters. The molecule has 1 aliphatic carbocycles. The maximum Gasteiger partial charge on any atom is 0.126 e. The van der Waals surface area contributed by atoms with Gasteiger partial charge in [-0.2, -0.15) is 0 Å². The monoisotopic (exact) mass is 221 g/mol. The van der Waals surface area contributed by atoms with Gasteiger partial charge in [0.25, 0.3) is 0 Å². The van der Waals surface area contributed by atoms with E-state index in [2.05, 4.69) is 6.07 Å². The molecule has 0 aliphatic heterocycles. The van der Waals surface area contributed by atoms with E-state index in [0.717, 1.165) is 29.9 Å². The van der Waals surface area contributed by atoms with Gasteiger partial charge in [0.15, 0.2) is 0 Å². The Kier molecular flexibility index (Phi) is 2.80. The molecule has 0 saturated heterocycles. The molecular formula is C13H19NO2. The second-order valence-corrected chi connectivity index (χ2v) is 4.51. The lowest BCUT2D eigenvalue weighted by molar-refractivity contribution is 0.385. The van der Waals surface area contributed by atoms with Crippen molar-refractivity contribution in [2.45, 2.75) is 25.2 Å². The van der Waals surface area contributed by atoms with Crippen molar-refractivity contribution in [3.8, 4) is 11.5 Å². The largest absolute Gasteiger partial charge is 0.496 e. The van der Waals surface area contributed by atoms with Crippen molar-refractivity contribution in [2.24, 2.45) is 5.73 Å². The van der Waals surface area contributed by atoms with Crippen LogP contribution in [0.2, 0.25) is 0 Å². The average Bonchev–Trinajstić information content (AvgIpc) is 3.09. The molecule has 1 aliphatic rings. The molecule has 2 rings (SSSR count). The van der Waals surface area contributed by atoms with E-state index in [9.17, 15) is 0 Å². The van der Waals surface area contributed by atoms with Gasteiger partial charge in [0.1, 0.15) is 11.5 Å². The van der Waals surface area contributed by atoms with E-state index in [4.69, 9.17) is 15.2 Å². The van der Waals surface area contributed by atoms with E-state index < -0.39 is 0 Å². The summed E-state index contributed by atoms with van der Waals surface area (Å²) in [6, 6.07) is 4.11. The minimum Gasteiger partial charge on any atom is -0.496 e. The van der Waals surface area contributed by atoms with Gasteiger partial charge < -0.3 is 15.2 Å². The first kappa shape index (κ1) is 11.3. The Labute approximate surface area is 96.5 Å². The number of benzene rings is 1. The van der Waals surface area contributed by atoms with Crippen molar-refractivity contribution in [2.75, 3.05) is 20.8 Å². The second-order valence-electron chi connectivity index (χ2n) is 4.51. The minimum absolute atomic E-state index is 0.155. The molecule has 0 heterocycles. The van der Waals surface area contributed by atoms with Crippen LogP contribution in [0.5, 0.6) is 11.5 Å². The Balaban J connectivity index is 2.48. The summed E-state index contributed by atoms with van der Waals surface area (Å²) in [5.41, 5.74) is 8.38. The molecule has 0 radical (unpaired) electrons. The predicted octanol–water partition coefficient (Wildman–Crippen LogP) is 2.00. The van der Waals surface area contributed by atoms with Crippen LogP contribution in [0, 0.1) is 6.92 Å². The molecule has 0 amide bonds. The summed E-state index contributed by atoms with van der Waals surface area (Å²) in [4.78, 5) is 0. The summed E-state index contributed by atoms with van der Waals surface area (Å²) in [7, 11) is 3.37. The summed E-state index contributed by atoms with van der Waals surface area (Å²) < 4.78 is 10.7. The highest BCUT2D eigenvalue weighted by atomic mass is 16.5. The van der Waals surface area contributed by atoms with E-state index in [1.807, 2.05) is 13.0 Å². The number of hydrogen-bond acceptors (Lipinski definition) is 3. The Hall–Kier alpha value is -1.22. The van der Waals surface area contributed by atoms with E-state index in [1.54, 1.807) is 14.2 Å². The number of nitrogens with two attached hydrogens (primary N) is 1. The lowest BCUT2D eigenvalue weighted by atomic mass is 9.93. The fraction of sp³-hybridized carbons (Fsp3) is 0.538. The van der Waals surface area contributed by atoms with Crippen molar-refractivity contribution in [3.63, 3.8) is 0 Å². The number of hydrogen-bond donors (Lipinski definition) is 1. The number of aryl methyl sites for hydroxylation is 1. The summed E-state index contributed by atoms with van der Waals surface area (Å²) in [6.45, 7) is 2.74. The first-order valence-corrected chi connectivity index (χ1v) is 5.60. The molecule has 1 saturated carbocycles. The van der Waals surface area contributed by atoms with Crippen LogP contribution in [-0.4, -0.2) is 20.8 Å². The van der Waals surface area contributed by atoms with E-state index in [1.165, 1.54) is 5.56 Å². The lowest BCUT2D eigenvalue weighted by Gasteiger charge is -2.19. The maximum absolute atomic E-state index is 5.86. The molecule has 2 N–H and O–H groups in total. The lowest BCUT2D eigenvalue weighted by Crippen LogP contribution is -2.20. The SMILES string of the molecule is COc1cc(OC)c(C2(CN)CC2)cc1C. The Morgan fingerprint density at radius 3 is 2.25 bits per heavy atom. The van der Waals surface area contributed by atoms with Gasteiger partial charge in [-0.1, -0.05) is 0 Å². The quantitative estimate of drug-likeness (QED) is 0.845. The highest BCUT2D eigenvalue weighted by Crippen LogP contribution is 2.51. The summed E-state index contributed by atoms with van der Waals surface area (Å²) in [6.07, 6.45) is 2.32. The molecule has 16 heavy (non-hydrogen) atoms. The van der Waals surface area contributed by atoms with Gasteiger partial charge in [0, 0.05) is 23.6 Å². The minimum atomic E-state index is 0.155. The van der Waals surface area contributed by atoms with Crippen LogP contribution >= 0.6 is 0 Å². The summed E-state index contributed by atoms with van der Waals surface area (Å²) in [5, 5.41) is 0. The van der Waals surface area contributed by atoms with Crippen LogP contribution in [0.25, 0.3) is 0 Å². The first-order chi connectivity index (χ1) is 7.66. The molecule has 88 valence electrons. The summed E-state index contributed by atoms with van der Waals surface area (Å²) >= 11 is 0. The Bertz CT molecular complexity index is 397. The third-order valence-corrected chi connectivity index (χ3v) is 3.53. The van der Waals surface area contributed by atoms with Crippen LogP contribution in [0.15, 0.2) is 12.1 Å². The molecule has 3 nitrogen and oxygen atoms in total. The first-order valence-electron chi connectivity index (χ1n) is 5.60. The van der Waals surface area contributed by atoms with Crippen molar-refractivity contribution in [3.05, 3.63) is 23.3 Å². The van der Waals surface area contributed by atoms with Crippen LogP contribution in [0.4, 0.5) is 0 Å². The van der Waals surface area contributed by atoms with Crippen molar-refractivity contribution in [1.29, 1.82) is 0 Å². The maximum atomic E-state index is 5.86. The second kappa shape index (κ2) is 3.98. The third-order valence-electron chi connectivity index (χ3n) is 3.53. The molecule has 0 spiro atoms. The highest BCUT2D eigenvalue weighted by Gasteiger charge is 2.45. The number of ether oxygens (including phenoxy) is 2. The van der Waals surface area contributed by atoms with Gasteiger partial charge >= 0.3 is 0 Å². The smallest absolute Gasteiger partial charge is 0.126 e. The molecule has 1 aromatic rings. The molecule has 1 aromatic carbocycles. The number of methoxy groups -OCH3 is 2. The standard InChI is InChI=1S/C13H19NO2/c1-9-6-10(13(8-14)4-5-13)12(16-3)7-11(9)15-2/h6-7H,4-5,8,14H2,1-3H3. The van der Waals surface area contributed by atoms with Gasteiger partial charge in [0.2, 0.25) is 0 Å². The predicted molar refractivity (Wildman–Crippen MR) is 64.2 cm³/mol. The van der Waals surface area contributed by atoms with Crippen LogP contribution < -0.4 is 15.2 Å². The van der Waals surface area contributed by atoms with Crippen LogP contribution in [0.3, 0.4) is 0 Å². The molecule has 0 atom stereocenters. The molecule has 3 heteroatoms. The Morgan fingerprint density at radius 2 is 1.81 bits per heavy atom. The molecule has 0 bridgehead atoms. The van der Waals surface area contributed by atoms with Gasteiger partial charge in [-0.25, -0.2) is 0 Å². The van der Waals surface area contributed by atoms with Crippen molar-refractivity contribution in [1.82, 2.24) is 0 Å². The summed E-state index contributed by atoms with van der Waals surface area (Å²) in [5.74, 6) is 1.76. The normalized spacial score (nSPS) is 17.0. The van der Waals surface area contributed by atoms with E-state index in [-0.39, 0.29) is 5.41 Å². The van der Waals surface area contributed by atoms with Gasteiger partial charge in [-0.15, -0.1) is 0 Å². The number of rotatable bonds is 4. The van der Waals surface area contributed by atoms with E-state index in [0.29, 0.717) is 6.54 Å². The fourth-order valence-corrected chi connectivity index (χ4v) is 2.21. The third kappa shape index (κ3) is 1.65. The molecular weight excluding hydrogens is 202 g/mol. The van der Waals surface area contributed by atoms with Gasteiger partial charge in [-0.3, -0.25) is 0 Å². The Morgan fingerprint density at radius 1 is 1.19 bits per heavy atom. The van der Waals surface area contributed by atoms with Crippen molar-refractivity contribution >= 4 is 0 Å². The van der Waals surface area contributed by atoms with Gasteiger partial charge in [0.05, 0.1) is 14.2 Å². The topological polar surface area (TPSA) is 44.5 Å². The van der Waals surface area contributed by atoms with Crippen LogP contribution in [-0.2, 0) is 5.41 Å².